The molecule has 2 N–H and O–H groups in total. The van der Waals surface area contributed by atoms with Gasteiger partial charge >= 0.3 is 5.97 Å². The first kappa shape index (κ1) is 19.6. The highest BCUT2D eigenvalue weighted by atomic mass is 35.5. The Labute approximate surface area is 160 Å². The first-order chi connectivity index (χ1) is 11.8. The number of amides is 1. The first-order valence-corrected chi connectivity index (χ1v) is 8.67. The second-order valence-corrected chi connectivity index (χ2v) is 6.80. The summed E-state index contributed by atoms with van der Waals surface area (Å²) >= 11 is 17.9. The number of halogens is 3. The van der Waals surface area contributed by atoms with E-state index in [1.807, 2.05) is 0 Å². The molecule has 1 amide bonds. The predicted molar refractivity (Wildman–Crippen MR) is 99.5 cm³/mol. The predicted octanol–water partition coefficient (Wildman–Crippen LogP) is 4.39. The molecule has 2 aromatic carbocycles. The van der Waals surface area contributed by atoms with Crippen molar-refractivity contribution in [2.24, 2.45) is 0 Å². The SMILES string of the molecule is O=C(O)CC(Cc1ccc(Cl)cc1)NC(=O)Cc1cccc(Cl)c1Cl. The van der Waals surface area contributed by atoms with Crippen molar-refractivity contribution in [2.75, 3.05) is 0 Å². The molecule has 0 saturated carbocycles. The molecule has 132 valence electrons. The van der Waals surface area contributed by atoms with Crippen LogP contribution in [0.15, 0.2) is 42.5 Å². The molecule has 25 heavy (non-hydrogen) atoms. The molecule has 1 atom stereocenters. The van der Waals surface area contributed by atoms with Crippen LogP contribution in [0.3, 0.4) is 0 Å². The Kier molecular flexibility index (Phi) is 7.12. The van der Waals surface area contributed by atoms with Gasteiger partial charge in [0.2, 0.25) is 5.91 Å². The average molecular weight is 401 g/mol. The standard InChI is InChI=1S/C18H16Cl3NO3/c19-13-6-4-11(5-7-13)8-14(10-17(24)25)22-16(23)9-12-2-1-3-15(20)18(12)21/h1-7,14H,8-10H2,(H,22,23)(H,24,25). The van der Waals surface area contributed by atoms with E-state index in [0.29, 0.717) is 27.1 Å². The normalized spacial score (nSPS) is 11.8. The monoisotopic (exact) mass is 399 g/mol. The van der Waals surface area contributed by atoms with Gasteiger partial charge in [-0.05, 0) is 35.7 Å². The molecule has 0 aliphatic heterocycles. The van der Waals surface area contributed by atoms with Gasteiger partial charge in [-0.2, -0.15) is 0 Å². The molecular weight excluding hydrogens is 385 g/mol. The minimum absolute atomic E-state index is 0.0239. The lowest BCUT2D eigenvalue weighted by molar-refractivity contribution is -0.137. The molecule has 0 aliphatic carbocycles. The van der Waals surface area contributed by atoms with Gasteiger partial charge in [0.05, 0.1) is 22.9 Å². The van der Waals surface area contributed by atoms with Gasteiger partial charge in [-0.1, -0.05) is 59.1 Å². The van der Waals surface area contributed by atoms with E-state index in [4.69, 9.17) is 39.9 Å². The number of carboxylic acid groups (broad SMARTS) is 1. The molecule has 7 heteroatoms. The molecule has 0 aliphatic rings. The van der Waals surface area contributed by atoms with E-state index in [1.165, 1.54) is 0 Å². The lowest BCUT2D eigenvalue weighted by atomic mass is 10.0. The Morgan fingerprint density at radius 1 is 1.04 bits per heavy atom. The fourth-order valence-electron chi connectivity index (χ4n) is 2.43. The maximum Gasteiger partial charge on any atom is 0.305 e. The number of nitrogens with one attached hydrogen (secondary N) is 1. The second-order valence-electron chi connectivity index (χ2n) is 5.58. The van der Waals surface area contributed by atoms with E-state index in [-0.39, 0.29) is 18.7 Å². The van der Waals surface area contributed by atoms with Gasteiger partial charge in [-0.3, -0.25) is 9.59 Å². The highest BCUT2D eigenvalue weighted by Gasteiger charge is 2.18. The number of carbonyl (C=O) groups is 2. The van der Waals surface area contributed by atoms with Crippen molar-refractivity contribution >= 4 is 46.7 Å². The maximum atomic E-state index is 12.3. The third-order valence-electron chi connectivity index (χ3n) is 3.56. The molecule has 4 nitrogen and oxygen atoms in total. The lowest BCUT2D eigenvalue weighted by Gasteiger charge is -2.17. The fraction of sp³-hybridized carbons (Fsp3) is 0.222. The van der Waals surface area contributed by atoms with Crippen molar-refractivity contribution in [3.05, 3.63) is 68.7 Å². The summed E-state index contributed by atoms with van der Waals surface area (Å²) in [5.41, 5.74) is 1.48. The van der Waals surface area contributed by atoms with Crippen molar-refractivity contribution in [1.29, 1.82) is 0 Å². The molecule has 0 radical (unpaired) electrons. The van der Waals surface area contributed by atoms with Crippen molar-refractivity contribution in [2.45, 2.75) is 25.3 Å². The van der Waals surface area contributed by atoms with Gasteiger partial charge in [0.25, 0.3) is 0 Å². The summed E-state index contributed by atoms with van der Waals surface area (Å²) in [6.45, 7) is 0. The summed E-state index contributed by atoms with van der Waals surface area (Å²) in [6, 6.07) is 11.6. The Morgan fingerprint density at radius 2 is 1.72 bits per heavy atom. The molecule has 0 heterocycles. The van der Waals surface area contributed by atoms with E-state index in [1.54, 1.807) is 42.5 Å². The van der Waals surface area contributed by atoms with Crippen LogP contribution in [0, 0.1) is 0 Å². The van der Waals surface area contributed by atoms with Crippen molar-refractivity contribution < 1.29 is 14.7 Å². The summed E-state index contributed by atoms with van der Waals surface area (Å²) in [6.07, 6.45) is 0.228. The Hall–Kier alpha value is -1.75. The molecular formula is C18H16Cl3NO3. The Morgan fingerprint density at radius 3 is 2.36 bits per heavy atom. The molecule has 0 saturated heterocycles. The molecule has 1 unspecified atom stereocenters. The molecule has 2 rings (SSSR count). The van der Waals surface area contributed by atoms with E-state index in [0.717, 1.165) is 5.56 Å². The number of carboxylic acids is 1. The molecule has 0 spiro atoms. The average Bonchev–Trinajstić information content (AvgIpc) is 2.53. The Balaban J connectivity index is 2.05. The van der Waals surface area contributed by atoms with E-state index < -0.39 is 12.0 Å². The van der Waals surface area contributed by atoms with Crippen molar-refractivity contribution in [3.8, 4) is 0 Å². The van der Waals surface area contributed by atoms with E-state index >= 15 is 0 Å². The van der Waals surface area contributed by atoms with E-state index in [2.05, 4.69) is 5.32 Å². The smallest absolute Gasteiger partial charge is 0.305 e. The third-order valence-corrected chi connectivity index (χ3v) is 4.67. The highest BCUT2D eigenvalue weighted by Crippen LogP contribution is 2.25. The van der Waals surface area contributed by atoms with Crippen molar-refractivity contribution in [3.63, 3.8) is 0 Å². The zero-order valence-electron chi connectivity index (χ0n) is 13.1. The second kappa shape index (κ2) is 9.09. The van der Waals surface area contributed by atoms with Crippen LogP contribution >= 0.6 is 34.8 Å². The highest BCUT2D eigenvalue weighted by molar-refractivity contribution is 6.42. The summed E-state index contributed by atoms with van der Waals surface area (Å²) in [4.78, 5) is 23.4. The number of aliphatic carboxylic acids is 1. The van der Waals surface area contributed by atoms with Crippen LogP contribution in [-0.4, -0.2) is 23.0 Å². The largest absolute Gasteiger partial charge is 0.481 e. The third kappa shape index (κ3) is 6.24. The van der Waals surface area contributed by atoms with Crippen LogP contribution in [0.5, 0.6) is 0 Å². The number of rotatable bonds is 7. The van der Waals surface area contributed by atoms with Crippen LogP contribution in [0.4, 0.5) is 0 Å². The molecule has 0 fully saturated rings. The summed E-state index contributed by atoms with van der Waals surface area (Å²) in [7, 11) is 0. The summed E-state index contributed by atoms with van der Waals surface area (Å²) in [5, 5.41) is 13.1. The van der Waals surface area contributed by atoms with Gasteiger partial charge in [-0.15, -0.1) is 0 Å². The van der Waals surface area contributed by atoms with Gasteiger partial charge < -0.3 is 10.4 Å². The van der Waals surface area contributed by atoms with Gasteiger partial charge in [0.15, 0.2) is 0 Å². The molecule has 0 aromatic heterocycles. The summed E-state index contributed by atoms with van der Waals surface area (Å²) < 4.78 is 0. The molecule has 0 bridgehead atoms. The van der Waals surface area contributed by atoms with Gasteiger partial charge in [0, 0.05) is 11.1 Å². The van der Waals surface area contributed by atoms with Crippen LogP contribution in [-0.2, 0) is 22.4 Å². The topological polar surface area (TPSA) is 66.4 Å². The van der Waals surface area contributed by atoms with Crippen LogP contribution in [0.2, 0.25) is 15.1 Å². The summed E-state index contributed by atoms with van der Waals surface area (Å²) in [5.74, 6) is -1.30. The number of carbonyl (C=O) groups excluding carboxylic acids is 1. The maximum absolute atomic E-state index is 12.3. The first-order valence-electron chi connectivity index (χ1n) is 7.53. The van der Waals surface area contributed by atoms with Crippen LogP contribution in [0.1, 0.15) is 17.5 Å². The fourth-order valence-corrected chi connectivity index (χ4v) is 2.94. The number of hydrogen-bond acceptors (Lipinski definition) is 2. The number of hydrogen-bond donors (Lipinski definition) is 2. The minimum Gasteiger partial charge on any atom is -0.481 e. The van der Waals surface area contributed by atoms with Crippen LogP contribution in [0.25, 0.3) is 0 Å². The van der Waals surface area contributed by atoms with Gasteiger partial charge in [-0.25, -0.2) is 0 Å². The lowest BCUT2D eigenvalue weighted by Crippen LogP contribution is -2.39. The zero-order valence-corrected chi connectivity index (χ0v) is 15.4. The minimum atomic E-state index is -0.986. The van der Waals surface area contributed by atoms with Crippen LogP contribution < -0.4 is 5.32 Å². The van der Waals surface area contributed by atoms with Gasteiger partial charge in [0.1, 0.15) is 0 Å². The van der Waals surface area contributed by atoms with Crippen molar-refractivity contribution in [1.82, 2.24) is 5.32 Å². The molecule has 2 aromatic rings. The zero-order chi connectivity index (χ0) is 18.4. The van der Waals surface area contributed by atoms with E-state index in [9.17, 15) is 9.59 Å². The quantitative estimate of drug-likeness (QED) is 0.724. The Bertz CT molecular complexity index is 763. The number of benzene rings is 2.